The molecule has 5 heteroatoms. The topological polar surface area (TPSA) is 32.5 Å². The minimum Gasteiger partial charge on any atom is -0.364 e. The third-order valence-corrected chi connectivity index (χ3v) is 5.36. The lowest BCUT2D eigenvalue weighted by Crippen LogP contribution is -2.30. The lowest BCUT2D eigenvalue weighted by atomic mass is 10.1. The van der Waals surface area contributed by atoms with E-state index in [0.717, 1.165) is 61.1 Å². The summed E-state index contributed by atoms with van der Waals surface area (Å²) >= 11 is 6.01. The Hall–Kier alpha value is -2.14. The van der Waals surface area contributed by atoms with Gasteiger partial charge in [-0.25, -0.2) is 0 Å². The summed E-state index contributed by atoms with van der Waals surface area (Å²) in [5, 5.41) is 5.00. The zero-order valence-corrected chi connectivity index (χ0v) is 16.1. The molecule has 0 radical (unpaired) electrons. The van der Waals surface area contributed by atoms with E-state index in [1.807, 2.05) is 24.3 Å². The van der Waals surface area contributed by atoms with Crippen LogP contribution in [0.1, 0.15) is 17.7 Å². The largest absolute Gasteiger partial charge is 0.364 e. The summed E-state index contributed by atoms with van der Waals surface area (Å²) in [5.74, 6) is 0. The molecular weight excluding hydrogens is 358 g/mol. The lowest BCUT2D eigenvalue weighted by molar-refractivity contribution is 0.242. The van der Waals surface area contributed by atoms with Gasteiger partial charge in [0, 0.05) is 36.8 Å². The average Bonchev–Trinajstić information content (AvgIpc) is 3.04. The van der Waals surface area contributed by atoms with Crippen LogP contribution in [0.3, 0.4) is 0 Å². The fourth-order valence-corrected chi connectivity index (χ4v) is 3.76. The van der Waals surface area contributed by atoms with Crippen molar-refractivity contribution in [2.24, 2.45) is 0 Å². The van der Waals surface area contributed by atoms with Crippen LogP contribution in [0.25, 0.3) is 11.1 Å². The summed E-state index contributed by atoms with van der Waals surface area (Å²) in [7, 11) is 0. The molecule has 0 atom stereocenters. The second-order valence-electron chi connectivity index (χ2n) is 7.07. The van der Waals surface area contributed by atoms with Gasteiger partial charge in [0.25, 0.3) is 0 Å². The SMILES string of the molecule is Clc1ccc(-c2conc2CN2CCCN(Cc3ccccc3)CC2)cc1. The van der Waals surface area contributed by atoms with E-state index in [2.05, 4.69) is 45.3 Å². The molecule has 2 aromatic carbocycles. The average molecular weight is 382 g/mol. The highest BCUT2D eigenvalue weighted by Crippen LogP contribution is 2.26. The van der Waals surface area contributed by atoms with Crippen molar-refractivity contribution in [3.8, 4) is 11.1 Å². The Morgan fingerprint density at radius 2 is 1.56 bits per heavy atom. The van der Waals surface area contributed by atoms with Gasteiger partial charge < -0.3 is 4.52 Å². The summed E-state index contributed by atoms with van der Waals surface area (Å²) < 4.78 is 5.28. The second kappa shape index (κ2) is 8.70. The third kappa shape index (κ3) is 4.78. The van der Waals surface area contributed by atoms with Crippen molar-refractivity contribution in [2.75, 3.05) is 26.2 Å². The van der Waals surface area contributed by atoms with Crippen molar-refractivity contribution in [1.29, 1.82) is 0 Å². The van der Waals surface area contributed by atoms with Gasteiger partial charge in [-0.1, -0.05) is 59.2 Å². The van der Waals surface area contributed by atoms with Gasteiger partial charge in [0.05, 0.1) is 0 Å². The molecule has 4 rings (SSSR count). The van der Waals surface area contributed by atoms with E-state index < -0.39 is 0 Å². The van der Waals surface area contributed by atoms with Gasteiger partial charge in [-0.15, -0.1) is 0 Å². The fraction of sp³-hybridized carbons (Fsp3) is 0.318. The van der Waals surface area contributed by atoms with Crippen molar-refractivity contribution >= 4 is 11.6 Å². The molecule has 1 aliphatic heterocycles. The highest BCUT2D eigenvalue weighted by Gasteiger charge is 2.18. The summed E-state index contributed by atoms with van der Waals surface area (Å²) in [6.07, 6.45) is 2.90. The normalized spacial score (nSPS) is 16.3. The molecule has 2 heterocycles. The highest BCUT2D eigenvalue weighted by atomic mass is 35.5. The van der Waals surface area contributed by atoms with Crippen LogP contribution in [-0.4, -0.2) is 41.1 Å². The Morgan fingerprint density at radius 3 is 2.30 bits per heavy atom. The first-order valence-corrected chi connectivity index (χ1v) is 9.83. The Balaban J connectivity index is 1.38. The van der Waals surface area contributed by atoms with Crippen LogP contribution in [0.2, 0.25) is 5.02 Å². The van der Waals surface area contributed by atoms with E-state index in [-0.39, 0.29) is 0 Å². The molecule has 3 aromatic rings. The number of nitrogens with zero attached hydrogens (tertiary/aromatic N) is 3. The minimum absolute atomic E-state index is 0.739. The first-order valence-electron chi connectivity index (χ1n) is 9.46. The Kier molecular flexibility index (Phi) is 5.87. The zero-order valence-electron chi connectivity index (χ0n) is 15.4. The molecule has 4 nitrogen and oxygen atoms in total. The lowest BCUT2D eigenvalue weighted by Gasteiger charge is -2.21. The van der Waals surface area contributed by atoms with Crippen molar-refractivity contribution in [2.45, 2.75) is 19.5 Å². The maximum atomic E-state index is 6.01. The van der Waals surface area contributed by atoms with Crippen LogP contribution in [0.5, 0.6) is 0 Å². The molecule has 140 valence electrons. The summed E-state index contributed by atoms with van der Waals surface area (Å²) in [6, 6.07) is 18.5. The molecular formula is C22H24ClN3O. The number of aromatic nitrogens is 1. The first-order chi connectivity index (χ1) is 13.3. The van der Waals surface area contributed by atoms with Gasteiger partial charge in [0.2, 0.25) is 0 Å². The molecule has 0 bridgehead atoms. The predicted molar refractivity (Wildman–Crippen MR) is 109 cm³/mol. The monoisotopic (exact) mass is 381 g/mol. The molecule has 1 fully saturated rings. The summed E-state index contributed by atoms with van der Waals surface area (Å²) in [5.41, 5.74) is 4.52. The van der Waals surface area contributed by atoms with E-state index in [1.54, 1.807) is 6.26 Å². The number of benzene rings is 2. The molecule has 1 saturated heterocycles. The number of hydrogen-bond acceptors (Lipinski definition) is 4. The van der Waals surface area contributed by atoms with Crippen LogP contribution in [-0.2, 0) is 13.1 Å². The number of rotatable bonds is 5. The molecule has 0 aliphatic carbocycles. The van der Waals surface area contributed by atoms with Gasteiger partial charge in [-0.2, -0.15) is 0 Å². The van der Waals surface area contributed by atoms with Crippen molar-refractivity contribution in [3.05, 3.63) is 77.1 Å². The quantitative estimate of drug-likeness (QED) is 0.641. The standard InChI is InChI=1S/C22H24ClN3O/c23-20-9-7-19(8-10-20)21-17-27-24-22(21)16-26-12-4-11-25(13-14-26)15-18-5-2-1-3-6-18/h1-3,5-10,17H,4,11-16H2. The fourth-order valence-electron chi connectivity index (χ4n) is 3.63. The number of hydrogen-bond donors (Lipinski definition) is 0. The Labute approximate surface area is 165 Å². The van der Waals surface area contributed by atoms with Crippen LogP contribution in [0.4, 0.5) is 0 Å². The third-order valence-electron chi connectivity index (χ3n) is 5.10. The van der Waals surface area contributed by atoms with E-state index >= 15 is 0 Å². The van der Waals surface area contributed by atoms with E-state index in [1.165, 1.54) is 12.0 Å². The maximum absolute atomic E-state index is 6.01. The van der Waals surface area contributed by atoms with E-state index in [4.69, 9.17) is 16.1 Å². The minimum atomic E-state index is 0.739. The molecule has 0 amide bonds. The first kappa shape index (κ1) is 18.2. The summed E-state index contributed by atoms with van der Waals surface area (Å²) in [4.78, 5) is 5.01. The molecule has 27 heavy (non-hydrogen) atoms. The molecule has 0 saturated carbocycles. The smallest absolute Gasteiger partial charge is 0.131 e. The summed E-state index contributed by atoms with van der Waals surface area (Å²) in [6.45, 7) is 6.16. The highest BCUT2D eigenvalue weighted by molar-refractivity contribution is 6.30. The van der Waals surface area contributed by atoms with Gasteiger partial charge in [0.15, 0.2) is 0 Å². The van der Waals surface area contributed by atoms with E-state index in [0.29, 0.717) is 0 Å². The maximum Gasteiger partial charge on any atom is 0.131 e. The Bertz CT molecular complexity index is 848. The van der Waals surface area contributed by atoms with Crippen molar-refractivity contribution in [3.63, 3.8) is 0 Å². The van der Waals surface area contributed by atoms with Gasteiger partial charge in [-0.05, 0) is 42.8 Å². The zero-order chi connectivity index (χ0) is 18.5. The van der Waals surface area contributed by atoms with Crippen LogP contribution >= 0.6 is 11.6 Å². The Morgan fingerprint density at radius 1 is 0.852 bits per heavy atom. The number of halogens is 1. The molecule has 0 spiro atoms. The van der Waals surface area contributed by atoms with Crippen LogP contribution < -0.4 is 0 Å². The van der Waals surface area contributed by atoms with Crippen molar-refractivity contribution in [1.82, 2.24) is 15.0 Å². The molecule has 0 N–H and O–H groups in total. The molecule has 1 aliphatic rings. The van der Waals surface area contributed by atoms with E-state index in [9.17, 15) is 0 Å². The second-order valence-corrected chi connectivity index (χ2v) is 7.51. The van der Waals surface area contributed by atoms with Crippen LogP contribution in [0, 0.1) is 0 Å². The van der Waals surface area contributed by atoms with Crippen LogP contribution in [0.15, 0.2) is 65.4 Å². The van der Waals surface area contributed by atoms with Gasteiger partial charge in [-0.3, -0.25) is 9.80 Å². The molecule has 0 unspecified atom stereocenters. The molecule has 1 aromatic heterocycles. The van der Waals surface area contributed by atoms with Gasteiger partial charge >= 0.3 is 0 Å². The van der Waals surface area contributed by atoms with Crippen molar-refractivity contribution < 1.29 is 4.52 Å². The van der Waals surface area contributed by atoms with Gasteiger partial charge in [0.1, 0.15) is 12.0 Å². The predicted octanol–water partition coefficient (Wildman–Crippen LogP) is 4.70.